The van der Waals surface area contributed by atoms with Gasteiger partial charge in [0.2, 0.25) is 0 Å². The van der Waals surface area contributed by atoms with Crippen LogP contribution in [0.15, 0.2) is 0 Å². The highest BCUT2D eigenvalue weighted by atomic mass is 32.1. The topological polar surface area (TPSA) is 54.2 Å². The van der Waals surface area contributed by atoms with Gasteiger partial charge in [-0.3, -0.25) is 9.58 Å². The number of aryl methyl sites for hydroxylation is 3. The van der Waals surface area contributed by atoms with Crippen LogP contribution < -0.4 is 0 Å². The van der Waals surface area contributed by atoms with Crippen LogP contribution in [-0.2, 0) is 25.9 Å². The van der Waals surface area contributed by atoms with E-state index in [1.807, 2.05) is 16.0 Å². The summed E-state index contributed by atoms with van der Waals surface area (Å²) in [4.78, 5) is 8.75. The minimum absolute atomic E-state index is 0.129. The highest BCUT2D eigenvalue weighted by Crippen LogP contribution is 2.38. The smallest absolute Gasteiger partial charge is 0.0928 e. The Hall–Kier alpha value is -1.24. The molecule has 1 unspecified atom stereocenters. The highest BCUT2D eigenvalue weighted by Gasteiger charge is 2.28. The first-order valence-electron chi connectivity index (χ1n) is 8.87. The number of aromatic nitrogens is 3. The van der Waals surface area contributed by atoms with Crippen LogP contribution in [0.25, 0.3) is 0 Å². The highest BCUT2D eigenvalue weighted by molar-refractivity contribution is 7.11. The molecule has 0 amide bonds. The van der Waals surface area contributed by atoms with Gasteiger partial charge in [0.25, 0.3) is 0 Å². The standard InChI is InChI=1S/C18H28N4OS/c1-5-17-19-15-7-6-8-16(18(15)24-17)21(4)11-14-12(2)20-22(9-10-23)13(14)3/h16,23H,5-11H2,1-4H3. The maximum absolute atomic E-state index is 9.19. The first-order chi connectivity index (χ1) is 11.5. The number of aliphatic hydroxyl groups is 1. The summed E-state index contributed by atoms with van der Waals surface area (Å²) in [6, 6.07) is 0.464. The number of thiazole rings is 1. The predicted molar refractivity (Wildman–Crippen MR) is 97.4 cm³/mol. The average molecular weight is 349 g/mol. The van der Waals surface area contributed by atoms with Crippen molar-refractivity contribution in [2.75, 3.05) is 13.7 Å². The van der Waals surface area contributed by atoms with Crippen LogP contribution >= 0.6 is 11.3 Å². The Labute approximate surface area is 148 Å². The molecule has 1 aliphatic carbocycles. The van der Waals surface area contributed by atoms with Crippen LogP contribution in [0.4, 0.5) is 0 Å². The van der Waals surface area contributed by atoms with Gasteiger partial charge < -0.3 is 5.11 Å². The summed E-state index contributed by atoms with van der Waals surface area (Å²) >= 11 is 1.90. The van der Waals surface area contributed by atoms with Gasteiger partial charge in [-0.15, -0.1) is 11.3 Å². The lowest BCUT2D eigenvalue weighted by atomic mass is 9.96. The van der Waals surface area contributed by atoms with E-state index in [1.54, 1.807) is 0 Å². The second-order valence-corrected chi connectivity index (χ2v) is 7.81. The molecule has 132 valence electrons. The van der Waals surface area contributed by atoms with E-state index in [2.05, 4.69) is 37.8 Å². The molecule has 5 nitrogen and oxygen atoms in total. The van der Waals surface area contributed by atoms with E-state index in [0.29, 0.717) is 12.6 Å². The molecule has 0 aliphatic heterocycles. The number of aliphatic hydroxyl groups excluding tert-OH is 1. The molecular formula is C18H28N4OS. The van der Waals surface area contributed by atoms with E-state index in [-0.39, 0.29) is 6.61 Å². The molecule has 2 heterocycles. The number of hydrogen-bond acceptors (Lipinski definition) is 5. The van der Waals surface area contributed by atoms with Crippen molar-refractivity contribution in [2.24, 2.45) is 0 Å². The average Bonchev–Trinajstić information content (AvgIpc) is 3.11. The second-order valence-electron chi connectivity index (χ2n) is 6.69. The number of fused-ring (bicyclic) bond motifs is 1. The Morgan fingerprint density at radius 1 is 1.38 bits per heavy atom. The van der Waals surface area contributed by atoms with E-state index in [9.17, 15) is 5.11 Å². The molecule has 1 atom stereocenters. The van der Waals surface area contributed by atoms with Gasteiger partial charge in [0.05, 0.1) is 29.5 Å². The Morgan fingerprint density at radius 2 is 2.17 bits per heavy atom. The molecule has 0 aromatic carbocycles. The second kappa shape index (κ2) is 7.33. The molecule has 1 aliphatic rings. The monoisotopic (exact) mass is 348 g/mol. The largest absolute Gasteiger partial charge is 0.394 e. The van der Waals surface area contributed by atoms with Gasteiger partial charge in [-0.05, 0) is 46.6 Å². The normalized spacial score (nSPS) is 17.5. The Kier molecular flexibility index (Phi) is 5.37. The summed E-state index contributed by atoms with van der Waals surface area (Å²) in [6.07, 6.45) is 4.58. The van der Waals surface area contributed by atoms with Gasteiger partial charge in [-0.25, -0.2) is 4.98 Å². The lowest BCUT2D eigenvalue weighted by Crippen LogP contribution is -2.27. The zero-order valence-electron chi connectivity index (χ0n) is 15.2. The van der Waals surface area contributed by atoms with Crippen LogP contribution in [0, 0.1) is 13.8 Å². The van der Waals surface area contributed by atoms with E-state index in [4.69, 9.17) is 4.98 Å². The summed E-state index contributed by atoms with van der Waals surface area (Å²) in [5.74, 6) is 0. The van der Waals surface area contributed by atoms with Crippen molar-refractivity contribution in [2.45, 2.75) is 65.6 Å². The van der Waals surface area contributed by atoms with Crippen LogP contribution in [0.3, 0.4) is 0 Å². The van der Waals surface area contributed by atoms with E-state index >= 15 is 0 Å². The molecule has 6 heteroatoms. The summed E-state index contributed by atoms with van der Waals surface area (Å²) in [7, 11) is 2.22. The predicted octanol–water partition coefficient (Wildman–Crippen LogP) is 3.02. The summed E-state index contributed by atoms with van der Waals surface area (Å²) in [5.41, 5.74) is 4.85. The third-order valence-corrected chi connectivity index (χ3v) is 6.39. The van der Waals surface area contributed by atoms with E-state index in [1.165, 1.54) is 39.7 Å². The van der Waals surface area contributed by atoms with Gasteiger partial charge in [0.1, 0.15) is 0 Å². The van der Waals surface area contributed by atoms with Crippen LogP contribution in [-0.4, -0.2) is 38.4 Å². The van der Waals surface area contributed by atoms with E-state index < -0.39 is 0 Å². The van der Waals surface area contributed by atoms with Gasteiger partial charge in [0.15, 0.2) is 0 Å². The SMILES string of the molecule is CCc1nc2c(s1)C(N(C)Cc1c(C)nn(CCO)c1C)CCC2. The lowest BCUT2D eigenvalue weighted by molar-refractivity contribution is 0.215. The molecular weight excluding hydrogens is 320 g/mol. The van der Waals surface area contributed by atoms with Crippen molar-refractivity contribution < 1.29 is 5.11 Å². The van der Waals surface area contributed by atoms with Gasteiger partial charge in [-0.2, -0.15) is 5.10 Å². The van der Waals surface area contributed by atoms with Crippen LogP contribution in [0.2, 0.25) is 0 Å². The van der Waals surface area contributed by atoms with E-state index in [0.717, 1.165) is 25.1 Å². The van der Waals surface area contributed by atoms with Gasteiger partial charge in [-0.1, -0.05) is 6.92 Å². The molecule has 0 saturated carbocycles. The fraction of sp³-hybridized carbons (Fsp3) is 0.667. The molecule has 0 radical (unpaired) electrons. The third kappa shape index (κ3) is 3.27. The molecule has 2 aromatic rings. The molecule has 1 N–H and O–H groups in total. The molecule has 2 aromatic heterocycles. The van der Waals surface area contributed by atoms with Crippen molar-refractivity contribution >= 4 is 11.3 Å². The van der Waals surface area contributed by atoms with Crippen LogP contribution in [0.5, 0.6) is 0 Å². The number of hydrogen-bond donors (Lipinski definition) is 1. The minimum Gasteiger partial charge on any atom is -0.394 e. The fourth-order valence-corrected chi connectivity index (χ4v) is 4.91. The molecule has 24 heavy (non-hydrogen) atoms. The molecule has 0 spiro atoms. The zero-order chi connectivity index (χ0) is 17.3. The molecule has 0 fully saturated rings. The van der Waals surface area contributed by atoms with Crippen LogP contribution in [0.1, 0.15) is 58.3 Å². The van der Waals surface area contributed by atoms with Gasteiger partial charge >= 0.3 is 0 Å². The van der Waals surface area contributed by atoms with Crippen molar-refractivity contribution in [3.05, 3.63) is 32.5 Å². The van der Waals surface area contributed by atoms with Gasteiger partial charge in [0, 0.05) is 28.7 Å². The van der Waals surface area contributed by atoms with Crippen molar-refractivity contribution in [1.29, 1.82) is 0 Å². The maximum atomic E-state index is 9.19. The Balaban J connectivity index is 1.81. The molecule has 3 rings (SSSR count). The number of rotatable bonds is 6. The van der Waals surface area contributed by atoms with Crippen molar-refractivity contribution in [1.82, 2.24) is 19.7 Å². The first kappa shape index (κ1) is 17.6. The minimum atomic E-state index is 0.129. The molecule has 0 saturated heterocycles. The van der Waals surface area contributed by atoms with Crippen molar-refractivity contribution in [3.63, 3.8) is 0 Å². The molecule has 0 bridgehead atoms. The third-order valence-electron chi connectivity index (χ3n) is 5.05. The maximum Gasteiger partial charge on any atom is 0.0928 e. The zero-order valence-corrected chi connectivity index (χ0v) is 16.0. The first-order valence-corrected chi connectivity index (χ1v) is 9.69. The summed E-state index contributed by atoms with van der Waals surface area (Å²) < 4.78 is 1.92. The Bertz CT molecular complexity index is 706. The summed E-state index contributed by atoms with van der Waals surface area (Å²) in [6.45, 7) is 7.95. The number of nitrogens with zero attached hydrogens (tertiary/aromatic N) is 4. The van der Waals surface area contributed by atoms with Crippen molar-refractivity contribution in [3.8, 4) is 0 Å². The summed E-state index contributed by atoms with van der Waals surface area (Å²) in [5, 5.41) is 15.0. The quantitative estimate of drug-likeness (QED) is 0.872. The fourth-order valence-electron chi connectivity index (χ4n) is 3.65. The lowest BCUT2D eigenvalue weighted by Gasteiger charge is -2.30. The Morgan fingerprint density at radius 3 is 2.88 bits per heavy atom.